The number of aromatic nitrogens is 1. The molecular weight excluding hydrogens is 350 g/mol. The summed E-state index contributed by atoms with van der Waals surface area (Å²) in [4.78, 5) is 26.0. The molecule has 0 N–H and O–H groups in total. The Labute approximate surface area is 164 Å². The Kier molecular flexibility index (Phi) is 4.04. The van der Waals surface area contributed by atoms with Crippen LogP contribution in [0.1, 0.15) is 69.9 Å². The van der Waals surface area contributed by atoms with Crippen molar-refractivity contribution in [3.05, 3.63) is 58.7 Å². The highest BCUT2D eigenvalue weighted by Crippen LogP contribution is 2.49. The Morgan fingerprint density at radius 2 is 1.54 bits per heavy atom. The number of ether oxygens (including phenoxy) is 1. The van der Waals surface area contributed by atoms with E-state index in [1.807, 2.05) is 12.1 Å². The lowest BCUT2D eigenvalue weighted by atomic mass is 9.73. The lowest BCUT2D eigenvalue weighted by molar-refractivity contribution is -0.117. The molecule has 1 aromatic heterocycles. The molecule has 2 aromatic rings. The van der Waals surface area contributed by atoms with Gasteiger partial charge in [-0.1, -0.05) is 18.2 Å². The molecule has 2 aliphatic carbocycles. The zero-order valence-electron chi connectivity index (χ0n) is 16.5. The van der Waals surface area contributed by atoms with Crippen LogP contribution < -0.4 is 0 Å². The van der Waals surface area contributed by atoms with Gasteiger partial charge in [0.25, 0.3) is 0 Å². The third-order valence-electron chi connectivity index (χ3n) is 6.28. The summed E-state index contributed by atoms with van der Waals surface area (Å²) >= 11 is 0. The Morgan fingerprint density at radius 1 is 0.929 bits per heavy atom. The number of carbonyl (C=O) groups excluding carboxylic acids is 2. The van der Waals surface area contributed by atoms with Crippen LogP contribution in [0.5, 0.6) is 0 Å². The van der Waals surface area contributed by atoms with Gasteiger partial charge >= 0.3 is 0 Å². The van der Waals surface area contributed by atoms with Crippen LogP contribution in [-0.4, -0.2) is 16.1 Å². The minimum atomic E-state index is -0.288. The van der Waals surface area contributed by atoms with E-state index in [1.54, 1.807) is 0 Å². The molecule has 0 fully saturated rings. The van der Waals surface area contributed by atoms with Gasteiger partial charge in [-0.15, -0.1) is 0 Å². The van der Waals surface area contributed by atoms with Crippen molar-refractivity contribution >= 4 is 22.5 Å². The quantitative estimate of drug-likeness (QED) is 0.711. The van der Waals surface area contributed by atoms with E-state index in [4.69, 9.17) is 4.74 Å². The number of allylic oxidation sites excluding steroid dienone is 4. The standard InChI is InChI=1S/C24H25NO3/c1-14(2)25-13-16(15-7-3-4-8-17(15)25)22-23-18(26)9-5-11-20(23)28-21-12-6-10-19(27)24(21)22/h3-4,7-8,13-14,22H,5-6,9-12H2,1-2H3. The SMILES string of the molecule is CC(C)n1cc(C2C3=C(CCCC3=O)OC3=C2C(=O)CCC3)c2ccccc21. The molecule has 144 valence electrons. The van der Waals surface area contributed by atoms with E-state index in [1.165, 1.54) is 0 Å². The number of fused-ring (bicyclic) bond motifs is 1. The predicted molar refractivity (Wildman–Crippen MR) is 108 cm³/mol. The first-order valence-corrected chi connectivity index (χ1v) is 10.4. The first-order valence-electron chi connectivity index (χ1n) is 10.4. The van der Waals surface area contributed by atoms with Crippen LogP contribution in [-0.2, 0) is 14.3 Å². The van der Waals surface area contributed by atoms with Gasteiger partial charge in [0.15, 0.2) is 11.6 Å². The average Bonchev–Trinajstić information content (AvgIpc) is 3.07. The van der Waals surface area contributed by atoms with Crippen molar-refractivity contribution in [1.29, 1.82) is 0 Å². The molecule has 1 aliphatic heterocycles. The number of Topliss-reactive ketones (excluding diaryl/α,β-unsaturated/α-hetero) is 2. The maximum atomic E-state index is 13.0. The number of rotatable bonds is 2. The van der Waals surface area contributed by atoms with Crippen molar-refractivity contribution in [3.8, 4) is 0 Å². The molecule has 0 saturated carbocycles. The summed E-state index contributed by atoms with van der Waals surface area (Å²) in [7, 11) is 0. The number of hydrogen-bond donors (Lipinski definition) is 0. The van der Waals surface area contributed by atoms with Gasteiger partial charge in [0, 0.05) is 65.9 Å². The number of nitrogens with zero attached hydrogens (tertiary/aromatic N) is 1. The summed E-state index contributed by atoms with van der Waals surface area (Å²) in [6.45, 7) is 4.32. The Morgan fingerprint density at radius 3 is 2.14 bits per heavy atom. The summed E-state index contributed by atoms with van der Waals surface area (Å²) in [5.74, 6) is 1.59. The fourth-order valence-electron chi connectivity index (χ4n) is 5.02. The molecule has 2 heterocycles. The summed E-state index contributed by atoms with van der Waals surface area (Å²) in [5, 5.41) is 1.12. The molecule has 28 heavy (non-hydrogen) atoms. The van der Waals surface area contributed by atoms with E-state index in [9.17, 15) is 9.59 Å². The number of carbonyl (C=O) groups is 2. The van der Waals surface area contributed by atoms with E-state index in [0.29, 0.717) is 18.9 Å². The molecule has 3 aliphatic rings. The molecule has 0 spiro atoms. The Bertz CT molecular complexity index is 1020. The molecule has 0 radical (unpaired) electrons. The van der Waals surface area contributed by atoms with E-state index < -0.39 is 0 Å². The normalized spacial score (nSPS) is 20.7. The van der Waals surface area contributed by atoms with Crippen LogP contribution in [0.15, 0.2) is 53.1 Å². The third kappa shape index (κ3) is 2.50. The van der Waals surface area contributed by atoms with E-state index in [2.05, 4.69) is 36.7 Å². The van der Waals surface area contributed by atoms with E-state index >= 15 is 0 Å². The lowest BCUT2D eigenvalue weighted by Crippen LogP contribution is -2.30. The van der Waals surface area contributed by atoms with Gasteiger partial charge in [0.05, 0.1) is 0 Å². The topological polar surface area (TPSA) is 48.3 Å². The van der Waals surface area contributed by atoms with Crippen LogP contribution >= 0.6 is 0 Å². The minimum Gasteiger partial charge on any atom is -0.465 e. The first-order chi connectivity index (χ1) is 13.6. The number of benzene rings is 1. The molecule has 0 bridgehead atoms. The number of para-hydroxylation sites is 1. The molecule has 0 atom stereocenters. The second-order valence-corrected chi connectivity index (χ2v) is 8.36. The molecule has 4 nitrogen and oxygen atoms in total. The van der Waals surface area contributed by atoms with Gasteiger partial charge in [-0.25, -0.2) is 0 Å². The monoisotopic (exact) mass is 375 g/mol. The zero-order chi connectivity index (χ0) is 19.4. The van der Waals surface area contributed by atoms with Crippen LogP contribution in [0.3, 0.4) is 0 Å². The third-order valence-corrected chi connectivity index (χ3v) is 6.28. The predicted octanol–water partition coefficient (Wildman–Crippen LogP) is 5.35. The Balaban J connectivity index is 1.80. The molecular formula is C24H25NO3. The fourth-order valence-corrected chi connectivity index (χ4v) is 5.02. The summed E-state index contributed by atoms with van der Waals surface area (Å²) in [6.07, 6.45) is 6.46. The molecule has 0 amide bonds. The van der Waals surface area contributed by atoms with Gasteiger partial charge in [-0.3, -0.25) is 9.59 Å². The Hall–Kier alpha value is -2.62. The van der Waals surface area contributed by atoms with Crippen molar-refractivity contribution in [2.45, 2.75) is 64.3 Å². The van der Waals surface area contributed by atoms with Gasteiger partial charge < -0.3 is 9.30 Å². The van der Waals surface area contributed by atoms with Gasteiger partial charge in [0.2, 0.25) is 0 Å². The van der Waals surface area contributed by atoms with Crippen LogP contribution in [0.4, 0.5) is 0 Å². The summed E-state index contributed by atoms with van der Waals surface area (Å²) in [5.41, 5.74) is 3.67. The van der Waals surface area contributed by atoms with Crippen molar-refractivity contribution in [2.24, 2.45) is 0 Å². The van der Waals surface area contributed by atoms with Crippen LogP contribution in [0, 0.1) is 0 Å². The molecule has 4 heteroatoms. The highest BCUT2D eigenvalue weighted by atomic mass is 16.5. The largest absolute Gasteiger partial charge is 0.465 e. The molecule has 5 rings (SSSR count). The minimum absolute atomic E-state index is 0.137. The van der Waals surface area contributed by atoms with Gasteiger partial charge in [-0.2, -0.15) is 0 Å². The number of ketones is 2. The highest BCUT2D eigenvalue weighted by Gasteiger charge is 2.42. The van der Waals surface area contributed by atoms with Crippen LogP contribution in [0.2, 0.25) is 0 Å². The van der Waals surface area contributed by atoms with Crippen LogP contribution in [0.25, 0.3) is 10.9 Å². The van der Waals surface area contributed by atoms with Crippen molar-refractivity contribution < 1.29 is 14.3 Å². The lowest BCUT2D eigenvalue weighted by Gasteiger charge is -2.35. The molecule has 0 unspecified atom stereocenters. The summed E-state index contributed by atoms with van der Waals surface area (Å²) in [6, 6.07) is 8.60. The maximum absolute atomic E-state index is 13.0. The number of hydrogen-bond acceptors (Lipinski definition) is 3. The van der Waals surface area contributed by atoms with Crippen molar-refractivity contribution in [2.75, 3.05) is 0 Å². The van der Waals surface area contributed by atoms with Crippen molar-refractivity contribution in [3.63, 3.8) is 0 Å². The second kappa shape index (κ2) is 6.47. The highest BCUT2D eigenvalue weighted by molar-refractivity contribution is 6.07. The van der Waals surface area contributed by atoms with E-state index in [0.717, 1.165) is 64.8 Å². The molecule has 0 saturated heterocycles. The second-order valence-electron chi connectivity index (χ2n) is 8.36. The summed E-state index contributed by atoms with van der Waals surface area (Å²) < 4.78 is 8.42. The smallest absolute Gasteiger partial charge is 0.163 e. The fraction of sp³-hybridized carbons (Fsp3) is 0.417. The van der Waals surface area contributed by atoms with Crippen molar-refractivity contribution in [1.82, 2.24) is 4.57 Å². The maximum Gasteiger partial charge on any atom is 0.163 e. The molecule has 1 aromatic carbocycles. The first kappa shape index (κ1) is 17.5. The van der Waals surface area contributed by atoms with E-state index in [-0.39, 0.29) is 17.5 Å². The zero-order valence-corrected chi connectivity index (χ0v) is 16.5. The van der Waals surface area contributed by atoms with Gasteiger partial charge in [-0.05, 0) is 38.3 Å². The average molecular weight is 375 g/mol. The van der Waals surface area contributed by atoms with Gasteiger partial charge in [0.1, 0.15) is 11.5 Å².